The number of aromatic nitrogens is 3. The number of para-hydroxylation sites is 1. The van der Waals surface area contributed by atoms with Crippen LogP contribution in [-0.2, 0) is 0 Å². The maximum Gasteiger partial charge on any atom is 0.165 e. The molecule has 0 saturated carbocycles. The smallest absolute Gasteiger partial charge is 0.165 e. The van der Waals surface area contributed by atoms with Crippen molar-refractivity contribution >= 4 is 53.4 Å². The van der Waals surface area contributed by atoms with Crippen molar-refractivity contribution in [2.75, 3.05) is 0 Å². The second-order valence-electron chi connectivity index (χ2n) is 12.4. The molecule has 0 amide bonds. The Morgan fingerprint density at radius 3 is 1.70 bits per heavy atom. The monoisotopic (exact) mass is 657 g/mol. The van der Waals surface area contributed by atoms with Gasteiger partial charge in [0.15, 0.2) is 17.5 Å². The number of hydrogen-bond acceptors (Lipinski definition) is 5. The van der Waals surface area contributed by atoms with Crippen molar-refractivity contribution in [2.45, 2.75) is 0 Å². The van der Waals surface area contributed by atoms with E-state index in [1.165, 1.54) is 21.0 Å². The molecule has 0 radical (unpaired) electrons. The van der Waals surface area contributed by atoms with Gasteiger partial charge in [0.2, 0.25) is 0 Å². The molecule has 3 heterocycles. The molecule has 10 rings (SSSR count). The van der Waals surface area contributed by atoms with Gasteiger partial charge in [0.1, 0.15) is 11.2 Å². The fourth-order valence-electron chi connectivity index (χ4n) is 6.85. The lowest BCUT2D eigenvalue weighted by molar-refractivity contribution is 0.669. The minimum Gasteiger partial charge on any atom is -0.456 e. The van der Waals surface area contributed by atoms with Crippen LogP contribution in [0, 0.1) is 0 Å². The normalized spacial score (nSPS) is 11.6. The zero-order chi connectivity index (χ0) is 33.0. The van der Waals surface area contributed by atoms with Gasteiger partial charge in [-0.3, -0.25) is 0 Å². The summed E-state index contributed by atoms with van der Waals surface area (Å²) in [6, 6.07) is 56.9. The Morgan fingerprint density at radius 2 is 0.920 bits per heavy atom. The summed E-state index contributed by atoms with van der Waals surface area (Å²) < 4.78 is 8.67. The first-order chi connectivity index (χ1) is 24.7. The molecule has 0 spiro atoms. The molecule has 7 aromatic carbocycles. The third-order valence-corrected chi connectivity index (χ3v) is 10.6. The van der Waals surface area contributed by atoms with Gasteiger partial charge >= 0.3 is 0 Å². The summed E-state index contributed by atoms with van der Waals surface area (Å²) >= 11 is 1.78. The van der Waals surface area contributed by atoms with Crippen molar-refractivity contribution in [3.63, 3.8) is 0 Å². The van der Waals surface area contributed by atoms with Gasteiger partial charge in [-0.05, 0) is 58.7 Å². The molecular formula is C45H27N3OS. The van der Waals surface area contributed by atoms with Gasteiger partial charge in [-0.15, -0.1) is 11.3 Å². The van der Waals surface area contributed by atoms with Crippen molar-refractivity contribution in [1.82, 2.24) is 15.0 Å². The summed E-state index contributed by atoms with van der Waals surface area (Å²) in [5, 5.41) is 4.58. The molecule has 0 bridgehead atoms. The zero-order valence-electron chi connectivity index (χ0n) is 26.7. The minimum absolute atomic E-state index is 0.596. The molecule has 0 unspecified atom stereocenters. The number of nitrogens with zero attached hydrogens (tertiary/aromatic N) is 3. The molecule has 0 fully saturated rings. The van der Waals surface area contributed by atoms with Crippen LogP contribution in [-0.4, -0.2) is 15.0 Å². The predicted molar refractivity (Wildman–Crippen MR) is 207 cm³/mol. The third kappa shape index (κ3) is 4.87. The van der Waals surface area contributed by atoms with E-state index in [1.807, 2.05) is 30.3 Å². The molecule has 5 heteroatoms. The Hall–Kier alpha value is -6.43. The van der Waals surface area contributed by atoms with E-state index in [0.717, 1.165) is 60.0 Å². The van der Waals surface area contributed by atoms with Crippen molar-refractivity contribution in [3.05, 3.63) is 164 Å². The van der Waals surface area contributed by atoms with Crippen LogP contribution in [0.2, 0.25) is 0 Å². The van der Waals surface area contributed by atoms with Gasteiger partial charge in [0.05, 0.1) is 0 Å². The Morgan fingerprint density at radius 1 is 0.360 bits per heavy atom. The molecule has 0 aliphatic rings. The molecule has 0 saturated heterocycles. The fraction of sp³-hybridized carbons (Fsp3) is 0. The SMILES string of the molecule is c1ccc(-c2ccc(-c3nc(-c4ccc5c(c4)oc4ccccc45)nc(-c4cc(-c5ccccc5)cc5c4sc4ccccc45)n3)cc2)cc1. The molecule has 0 atom stereocenters. The highest BCUT2D eigenvalue weighted by atomic mass is 32.1. The Labute approximate surface area is 292 Å². The second kappa shape index (κ2) is 11.6. The number of rotatable bonds is 5. The minimum atomic E-state index is 0.596. The fourth-order valence-corrected chi connectivity index (χ4v) is 8.05. The number of thiophene rings is 1. The van der Waals surface area contributed by atoms with E-state index in [4.69, 9.17) is 19.4 Å². The average molecular weight is 658 g/mol. The van der Waals surface area contributed by atoms with Crippen LogP contribution in [0.15, 0.2) is 168 Å². The molecule has 234 valence electrons. The van der Waals surface area contributed by atoms with Crippen molar-refractivity contribution in [3.8, 4) is 56.4 Å². The largest absolute Gasteiger partial charge is 0.456 e. The van der Waals surface area contributed by atoms with Crippen LogP contribution in [0.5, 0.6) is 0 Å². The van der Waals surface area contributed by atoms with E-state index in [9.17, 15) is 0 Å². The van der Waals surface area contributed by atoms with Gasteiger partial charge in [-0.1, -0.05) is 127 Å². The van der Waals surface area contributed by atoms with Crippen LogP contribution >= 0.6 is 11.3 Å². The summed E-state index contributed by atoms with van der Waals surface area (Å²) in [5.74, 6) is 1.85. The average Bonchev–Trinajstić information content (AvgIpc) is 3.76. The molecule has 10 aromatic rings. The molecule has 0 aliphatic carbocycles. The van der Waals surface area contributed by atoms with Gasteiger partial charge < -0.3 is 4.42 Å². The topological polar surface area (TPSA) is 51.8 Å². The molecular weight excluding hydrogens is 631 g/mol. The predicted octanol–water partition coefficient (Wildman–Crippen LogP) is 12.5. The Kier molecular flexibility index (Phi) is 6.64. The number of fused-ring (bicyclic) bond motifs is 6. The molecule has 3 aromatic heterocycles. The summed E-state index contributed by atoms with van der Waals surface area (Å²) in [6.45, 7) is 0. The van der Waals surface area contributed by atoms with E-state index in [-0.39, 0.29) is 0 Å². The Bertz CT molecular complexity index is 2860. The highest BCUT2D eigenvalue weighted by Crippen LogP contribution is 2.43. The summed E-state index contributed by atoms with van der Waals surface area (Å²) in [4.78, 5) is 15.5. The lowest BCUT2D eigenvalue weighted by atomic mass is 9.99. The zero-order valence-corrected chi connectivity index (χ0v) is 27.6. The summed E-state index contributed by atoms with van der Waals surface area (Å²) in [6.07, 6.45) is 0. The maximum atomic E-state index is 6.29. The first-order valence-electron chi connectivity index (χ1n) is 16.6. The standard InChI is InChI=1S/C45H27N3OS/c1-3-11-28(12-4-1)30-19-21-31(22-20-30)43-46-44(32-23-24-35-34-15-7-9-17-39(34)49-40(35)27-32)48-45(47-43)38-26-33(29-13-5-2-6-14-29)25-37-36-16-8-10-18-41(36)50-42(37)38/h1-27H. The van der Waals surface area contributed by atoms with E-state index in [1.54, 1.807) is 11.3 Å². The van der Waals surface area contributed by atoms with Crippen molar-refractivity contribution in [2.24, 2.45) is 0 Å². The van der Waals surface area contributed by atoms with Crippen LogP contribution < -0.4 is 0 Å². The number of furan rings is 1. The molecule has 50 heavy (non-hydrogen) atoms. The van der Waals surface area contributed by atoms with Crippen LogP contribution in [0.4, 0.5) is 0 Å². The van der Waals surface area contributed by atoms with Gasteiger partial charge in [-0.2, -0.15) is 0 Å². The van der Waals surface area contributed by atoms with E-state index < -0.39 is 0 Å². The van der Waals surface area contributed by atoms with Crippen molar-refractivity contribution < 1.29 is 4.42 Å². The van der Waals surface area contributed by atoms with E-state index >= 15 is 0 Å². The first kappa shape index (κ1) is 28.6. The van der Waals surface area contributed by atoms with Crippen LogP contribution in [0.3, 0.4) is 0 Å². The molecule has 0 N–H and O–H groups in total. The molecule has 4 nitrogen and oxygen atoms in total. The highest BCUT2D eigenvalue weighted by molar-refractivity contribution is 7.26. The lowest BCUT2D eigenvalue weighted by Crippen LogP contribution is -2.00. The third-order valence-electron chi connectivity index (χ3n) is 9.35. The lowest BCUT2D eigenvalue weighted by Gasteiger charge is -2.11. The van der Waals surface area contributed by atoms with Gasteiger partial charge in [0.25, 0.3) is 0 Å². The summed E-state index contributed by atoms with van der Waals surface area (Å²) in [7, 11) is 0. The number of benzene rings is 7. The van der Waals surface area contributed by atoms with Crippen LogP contribution in [0.25, 0.3) is 98.5 Å². The summed E-state index contributed by atoms with van der Waals surface area (Å²) in [5.41, 5.74) is 9.01. The molecule has 0 aliphatic heterocycles. The van der Waals surface area contributed by atoms with E-state index in [0.29, 0.717) is 17.5 Å². The second-order valence-corrected chi connectivity index (χ2v) is 13.5. The quantitative estimate of drug-likeness (QED) is 0.185. The Balaban J connectivity index is 1.21. The van der Waals surface area contributed by atoms with Gasteiger partial charge in [0, 0.05) is 47.6 Å². The maximum absolute atomic E-state index is 6.29. The first-order valence-corrected chi connectivity index (χ1v) is 17.4. The number of hydrogen-bond donors (Lipinski definition) is 0. The van der Waals surface area contributed by atoms with Gasteiger partial charge in [-0.25, -0.2) is 15.0 Å². The van der Waals surface area contributed by atoms with E-state index in [2.05, 4.69) is 133 Å². The highest BCUT2D eigenvalue weighted by Gasteiger charge is 2.19. The van der Waals surface area contributed by atoms with Crippen LogP contribution in [0.1, 0.15) is 0 Å². The van der Waals surface area contributed by atoms with Crippen molar-refractivity contribution in [1.29, 1.82) is 0 Å².